The van der Waals surface area contributed by atoms with Gasteiger partial charge in [-0.15, -0.1) is 22.9 Å². The molecule has 0 bridgehead atoms. The van der Waals surface area contributed by atoms with Crippen molar-refractivity contribution in [1.29, 1.82) is 0 Å². The van der Waals surface area contributed by atoms with Crippen molar-refractivity contribution < 1.29 is 0 Å². The van der Waals surface area contributed by atoms with Gasteiger partial charge in [-0.1, -0.05) is 44.2 Å². The van der Waals surface area contributed by atoms with Crippen molar-refractivity contribution in [3.63, 3.8) is 0 Å². The van der Waals surface area contributed by atoms with E-state index in [-0.39, 0.29) is 5.38 Å². The van der Waals surface area contributed by atoms with Gasteiger partial charge in [0.05, 0.1) is 10.7 Å². The third-order valence-electron chi connectivity index (χ3n) is 2.74. The summed E-state index contributed by atoms with van der Waals surface area (Å²) < 4.78 is 0. The number of nitrogens with zero attached hydrogens (tertiary/aromatic N) is 1. The summed E-state index contributed by atoms with van der Waals surface area (Å²) in [5.74, 6) is 0.640. The molecule has 0 amide bonds. The molecule has 0 fully saturated rings. The Kier molecular flexibility index (Phi) is 4.79. The van der Waals surface area contributed by atoms with Gasteiger partial charge in [-0.2, -0.15) is 0 Å². The number of rotatable bonds is 5. The van der Waals surface area contributed by atoms with Crippen molar-refractivity contribution in [1.82, 2.24) is 4.98 Å². The van der Waals surface area contributed by atoms with Gasteiger partial charge in [-0.05, 0) is 12.3 Å². The van der Waals surface area contributed by atoms with E-state index in [1.54, 1.807) is 11.3 Å². The second-order valence-corrected chi connectivity index (χ2v) is 6.48. The summed E-state index contributed by atoms with van der Waals surface area (Å²) in [6.45, 7) is 4.40. The largest absolute Gasteiger partial charge is 0.241 e. The van der Waals surface area contributed by atoms with Crippen molar-refractivity contribution in [2.75, 3.05) is 0 Å². The third kappa shape index (κ3) is 3.82. The van der Waals surface area contributed by atoms with Crippen molar-refractivity contribution in [2.24, 2.45) is 5.92 Å². The summed E-state index contributed by atoms with van der Waals surface area (Å²) in [5, 5.41) is 3.44. The molecule has 0 N–H and O–H groups in total. The van der Waals surface area contributed by atoms with Crippen molar-refractivity contribution >= 4 is 22.9 Å². The van der Waals surface area contributed by atoms with E-state index in [1.165, 1.54) is 5.56 Å². The minimum atomic E-state index is 0.194. The van der Waals surface area contributed by atoms with Crippen LogP contribution in [0.5, 0.6) is 0 Å². The molecular weight excluding hydrogens is 262 g/mol. The van der Waals surface area contributed by atoms with Gasteiger partial charge in [0.2, 0.25) is 0 Å². The molecule has 1 unspecified atom stereocenters. The Balaban J connectivity index is 2.03. The molecule has 0 saturated heterocycles. The first-order chi connectivity index (χ1) is 8.65. The highest BCUT2D eigenvalue weighted by atomic mass is 35.5. The lowest BCUT2D eigenvalue weighted by atomic mass is 10.1. The smallest absolute Gasteiger partial charge is 0.0947 e. The lowest BCUT2D eigenvalue weighted by molar-refractivity contribution is 0.561. The third-order valence-corrected chi connectivity index (χ3v) is 3.95. The van der Waals surface area contributed by atoms with E-state index in [1.807, 2.05) is 18.2 Å². The van der Waals surface area contributed by atoms with Crippen LogP contribution in [0.15, 0.2) is 35.7 Å². The molecule has 0 spiro atoms. The Morgan fingerprint density at radius 2 is 1.94 bits per heavy atom. The molecule has 0 aliphatic heterocycles. The number of hydrogen-bond donors (Lipinski definition) is 0. The monoisotopic (exact) mass is 279 g/mol. The van der Waals surface area contributed by atoms with Crippen LogP contribution in [-0.4, -0.2) is 10.4 Å². The standard InChI is InChI=1S/C15H18ClNS/c1-11(2)8-13(16)9-15-17-14(10-18-15)12-6-4-3-5-7-12/h3-7,10-11,13H,8-9H2,1-2H3. The fraction of sp³-hybridized carbons (Fsp3) is 0.400. The van der Waals surface area contributed by atoms with Gasteiger partial charge >= 0.3 is 0 Å². The van der Waals surface area contributed by atoms with E-state index in [9.17, 15) is 0 Å². The molecule has 1 nitrogen and oxygen atoms in total. The van der Waals surface area contributed by atoms with Crippen LogP contribution < -0.4 is 0 Å². The molecule has 3 heteroatoms. The van der Waals surface area contributed by atoms with Gasteiger partial charge in [0.15, 0.2) is 0 Å². The minimum Gasteiger partial charge on any atom is -0.241 e. The van der Waals surface area contributed by atoms with Gasteiger partial charge in [0.25, 0.3) is 0 Å². The molecule has 2 aromatic rings. The predicted molar refractivity (Wildman–Crippen MR) is 80.4 cm³/mol. The molecule has 0 aliphatic rings. The molecule has 0 saturated carbocycles. The van der Waals surface area contributed by atoms with Crippen LogP contribution in [-0.2, 0) is 6.42 Å². The summed E-state index contributed by atoms with van der Waals surface area (Å²) in [6, 6.07) is 10.3. The van der Waals surface area contributed by atoms with E-state index in [4.69, 9.17) is 11.6 Å². The predicted octanol–water partition coefficient (Wildman–Crippen LogP) is 5.01. The summed E-state index contributed by atoms with van der Waals surface area (Å²) in [4.78, 5) is 4.66. The molecule has 0 radical (unpaired) electrons. The average molecular weight is 280 g/mol. The van der Waals surface area contributed by atoms with Gasteiger partial charge in [0, 0.05) is 22.7 Å². The highest BCUT2D eigenvalue weighted by molar-refractivity contribution is 7.10. The summed E-state index contributed by atoms with van der Waals surface area (Å²) >= 11 is 8.04. The zero-order valence-corrected chi connectivity index (χ0v) is 12.3. The summed E-state index contributed by atoms with van der Waals surface area (Å²) in [5.41, 5.74) is 2.24. The minimum absolute atomic E-state index is 0.194. The normalized spacial score (nSPS) is 12.9. The van der Waals surface area contributed by atoms with E-state index >= 15 is 0 Å². The van der Waals surface area contributed by atoms with Crippen molar-refractivity contribution in [3.8, 4) is 11.3 Å². The van der Waals surface area contributed by atoms with E-state index in [0.29, 0.717) is 5.92 Å². The van der Waals surface area contributed by atoms with Crippen LogP contribution in [0, 0.1) is 5.92 Å². The molecule has 0 aliphatic carbocycles. The number of hydrogen-bond acceptors (Lipinski definition) is 2. The zero-order valence-electron chi connectivity index (χ0n) is 10.8. The first kappa shape index (κ1) is 13.6. The quantitative estimate of drug-likeness (QED) is 0.702. The molecule has 2 rings (SSSR count). The summed E-state index contributed by atoms with van der Waals surface area (Å²) in [6.07, 6.45) is 1.92. The maximum atomic E-state index is 6.33. The first-order valence-corrected chi connectivity index (χ1v) is 7.60. The van der Waals surface area contributed by atoms with E-state index in [0.717, 1.165) is 23.5 Å². The van der Waals surface area contributed by atoms with Crippen LogP contribution in [0.4, 0.5) is 0 Å². The second-order valence-electron chi connectivity index (χ2n) is 4.92. The second kappa shape index (κ2) is 6.35. The lowest BCUT2D eigenvalue weighted by Gasteiger charge is -2.09. The van der Waals surface area contributed by atoms with Gasteiger partial charge in [0.1, 0.15) is 0 Å². The van der Waals surface area contributed by atoms with E-state index in [2.05, 4.69) is 36.3 Å². The Labute approximate surface area is 118 Å². The number of aromatic nitrogens is 1. The average Bonchev–Trinajstić information content (AvgIpc) is 2.77. The zero-order chi connectivity index (χ0) is 13.0. The molecule has 18 heavy (non-hydrogen) atoms. The maximum absolute atomic E-state index is 6.33. The van der Waals surface area contributed by atoms with Gasteiger partial charge < -0.3 is 0 Å². The van der Waals surface area contributed by atoms with Crippen molar-refractivity contribution in [2.45, 2.75) is 32.1 Å². The number of alkyl halides is 1. The van der Waals surface area contributed by atoms with Crippen LogP contribution in [0.2, 0.25) is 0 Å². The van der Waals surface area contributed by atoms with Gasteiger partial charge in [-0.3, -0.25) is 0 Å². The number of thiazole rings is 1. The van der Waals surface area contributed by atoms with Crippen LogP contribution in [0.3, 0.4) is 0 Å². The molecule has 1 aromatic carbocycles. The molecular formula is C15H18ClNS. The Morgan fingerprint density at radius 1 is 1.22 bits per heavy atom. The van der Waals surface area contributed by atoms with E-state index < -0.39 is 0 Å². The highest BCUT2D eigenvalue weighted by Crippen LogP contribution is 2.24. The van der Waals surface area contributed by atoms with Crippen molar-refractivity contribution in [3.05, 3.63) is 40.7 Å². The van der Waals surface area contributed by atoms with Gasteiger partial charge in [-0.25, -0.2) is 4.98 Å². The molecule has 1 aromatic heterocycles. The Morgan fingerprint density at radius 3 is 2.61 bits per heavy atom. The Hall–Kier alpha value is -0.860. The molecule has 1 atom stereocenters. The topological polar surface area (TPSA) is 12.9 Å². The number of halogens is 1. The SMILES string of the molecule is CC(C)CC(Cl)Cc1nc(-c2ccccc2)cs1. The molecule has 96 valence electrons. The fourth-order valence-electron chi connectivity index (χ4n) is 1.93. The van der Waals surface area contributed by atoms with Crippen LogP contribution >= 0.6 is 22.9 Å². The lowest BCUT2D eigenvalue weighted by Crippen LogP contribution is -2.06. The highest BCUT2D eigenvalue weighted by Gasteiger charge is 2.11. The molecule has 1 heterocycles. The maximum Gasteiger partial charge on any atom is 0.0947 e. The Bertz CT molecular complexity index is 478. The first-order valence-electron chi connectivity index (χ1n) is 6.29. The summed E-state index contributed by atoms with van der Waals surface area (Å²) in [7, 11) is 0. The number of benzene rings is 1. The fourth-order valence-corrected chi connectivity index (χ4v) is 3.41. The van der Waals surface area contributed by atoms with Crippen LogP contribution in [0.25, 0.3) is 11.3 Å². The van der Waals surface area contributed by atoms with Crippen LogP contribution in [0.1, 0.15) is 25.3 Å².